The van der Waals surface area contributed by atoms with Gasteiger partial charge >= 0.3 is 5.97 Å². The monoisotopic (exact) mass is 301 g/mol. The zero-order valence-corrected chi connectivity index (χ0v) is 12.4. The van der Waals surface area contributed by atoms with Gasteiger partial charge in [-0.2, -0.15) is 5.10 Å². The molecule has 1 fully saturated rings. The van der Waals surface area contributed by atoms with E-state index < -0.39 is 15.8 Å². The minimum absolute atomic E-state index is 0.0413. The molecule has 0 aromatic carbocycles. The molecule has 1 saturated heterocycles. The van der Waals surface area contributed by atoms with Crippen molar-refractivity contribution in [1.29, 1.82) is 0 Å². The summed E-state index contributed by atoms with van der Waals surface area (Å²) in [6, 6.07) is -0.226. The van der Waals surface area contributed by atoms with Crippen LogP contribution in [0.2, 0.25) is 0 Å². The summed E-state index contributed by atoms with van der Waals surface area (Å²) in [6.45, 7) is 2.11. The molecule has 0 bridgehead atoms. The average molecular weight is 301 g/mol. The molecule has 7 nitrogen and oxygen atoms in total. The summed E-state index contributed by atoms with van der Waals surface area (Å²) in [6.07, 6.45) is 2.34. The summed E-state index contributed by atoms with van der Waals surface area (Å²) in [5.41, 5.74) is 1.77. The molecule has 1 N–H and O–H groups in total. The van der Waals surface area contributed by atoms with Gasteiger partial charge in [0.2, 0.25) is 0 Å². The van der Waals surface area contributed by atoms with Gasteiger partial charge < -0.3 is 5.11 Å². The number of aryl methyl sites for hydroxylation is 2. The van der Waals surface area contributed by atoms with E-state index in [1.165, 1.54) is 0 Å². The number of carboxylic acids is 1. The highest BCUT2D eigenvalue weighted by atomic mass is 32.2. The Bertz CT molecular complexity index is 608. The van der Waals surface area contributed by atoms with Gasteiger partial charge in [-0.15, -0.1) is 0 Å². The molecule has 1 aromatic rings. The maximum Gasteiger partial charge on any atom is 0.317 e. The first-order chi connectivity index (χ1) is 9.27. The number of aromatic nitrogens is 2. The molecular formula is C12H19N3O4S. The molecule has 2 heterocycles. The van der Waals surface area contributed by atoms with Gasteiger partial charge in [0.25, 0.3) is 0 Å². The second-order valence-electron chi connectivity index (χ2n) is 5.27. The molecule has 20 heavy (non-hydrogen) atoms. The molecule has 0 aliphatic carbocycles. The number of hydrogen-bond donors (Lipinski definition) is 1. The van der Waals surface area contributed by atoms with E-state index in [9.17, 15) is 13.2 Å². The third kappa shape index (κ3) is 3.57. The van der Waals surface area contributed by atoms with Crippen molar-refractivity contribution in [3.05, 3.63) is 17.5 Å². The van der Waals surface area contributed by atoms with Gasteiger partial charge in [0, 0.05) is 31.4 Å². The molecule has 0 spiro atoms. The standard InChI is InChI=1S/C12H19N3O4S/c1-9-10(5-14(2)13-9)6-15(7-12(16)17)11-3-4-20(18,19)8-11/h5,11H,3-4,6-8H2,1-2H3,(H,16,17). The Morgan fingerprint density at radius 2 is 2.30 bits per heavy atom. The molecule has 1 atom stereocenters. The Morgan fingerprint density at radius 1 is 1.60 bits per heavy atom. The van der Waals surface area contributed by atoms with E-state index >= 15 is 0 Å². The van der Waals surface area contributed by atoms with Crippen molar-refractivity contribution in [1.82, 2.24) is 14.7 Å². The first-order valence-electron chi connectivity index (χ1n) is 6.42. The topological polar surface area (TPSA) is 92.5 Å². The minimum Gasteiger partial charge on any atom is -0.480 e. The number of hydrogen-bond acceptors (Lipinski definition) is 5. The summed E-state index contributed by atoms with van der Waals surface area (Å²) in [7, 11) is -1.23. The fourth-order valence-electron chi connectivity index (χ4n) is 2.57. The second kappa shape index (κ2) is 5.53. The van der Waals surface area contributed by atoms with Gasteiger partial charge in [0.1, 0.15) is 0 Å². The van der Waals surface area contributed by atoms with Crippen LogP contribution in [0.5, 0.6) is 0 Å². The van der Waals surface area contributed by atoms with E-state index in [4.69, 9.17) is 5.11 Å². The molecule has 1 aliphatic rings. The van der Waals surface area contributed by atoms with Crippen molar-refractivity contribution in [2.24, 2.45) is 7.05 Å². The number of aliphatic carboxylic acids is 1. The number of carboxylic acid groups (broad SMARTS) is 1. The average Bonchev–Trinajstić information content (AvgIpc) is 2.80. The van der Waals surface area contributed by atoms with Crippen molar-refractivity contribution >= 4 is 15.8 Å². The summed E-state index contributed by atoms with van der Waals surface area (Å²) in [5.74, 6) is -0.768. The van der Waals surface area contributed by atoms with Crippen LogP contribution in [-0.4, -0.2) is 58.3 Å². The van der Waals surface area contributed by atoms with Crippen LogP contribution in [-0.2, 0) is 28.2 Å². The summed E-state index contributed by atoms with van der Waals surface area (Å²) >= 11 is 0. The van der Waals surface area contributed by atoms with Crippen LogP contribution >= 0.6 is 0 Å². The maximum atomic E-state index is 11.6. The minimum atomic E-state index is -3.03. The number of rotatable bonds is 5. The Morgan fingerprint density at radius 3 is 2.75 bits per heavy atom. The van der Waals surface area contributed by atoms with Gasteiger partial charge in [-0.1, -0.05) is 0 Å². The lowest BCUT2D eigenvalue weighted by Crippen LogP contribution is -2.39. The predicted molar refractivity (Wildman–Crippen MR) is 73.0 cm³/mol. The maximum absolute atomic E-state index is 11.6. The third-order valence-corrected chi connectivity index (χ3v) is 5.30. The van der Waals surface area contributed by atoms with Crippen molar-refractivity contribution in [3.63, 3.8) is 0 Å². The van der Waals surface area contributed by atoms with Gasteiger partial charge in [-0.3, -0.25) is 14.4 Å². The highest BCUT2D eigenvalue weighted by Crippen LogP contribution is 2.20. The van der Waals surface area contributed by atoms with Crippen LogP contribution in [0.1, 0.15) is 17.7 Å². The molecule has 112 valence electrons. The van der Waals surface area contributed by atoms with Crippen LogP contribution in [0.15, 0.2) is 6.20 Å². The third-order valence-electron chi connectivity index (χ3n) is 3.55. The fourth-order valence-corrected chi connectivity index (χ4v) is 4.34. The lowest BCUT2D eigenvalue weighted by Gasteiger charge is -2.25. The molecule has 0 amide bonds. The largest absolute Gasteiger partial charge is 0.480 e. The van der Waals surface area contributed by atoms with E-state index in [2.05, 4.69) is 5.10 Å². The first-order valence-corrected chi connectivity index (χ1v) is 8.24. The zero-order chi connectivity index (χ0) is 14.9. The lowest BCUT2D eigenvalue weighted by molar-refractivity contribution is -0.139. The quantitative estimate of drug-likeness (QED) is 0.810. The van der Waals surface area contributed by atoms with Crippen LogP contribution < -0.4 is 0 Å². The predicted octanol–water partition coefficient (Wildman–Crippen LogP) is -0.198. The molecule has 1 aromatic heterocycles. The molecule has 8 heteroatoms. The Hall–Kier alpha value is -1.41. The van der Waals surface area contributed by atoms with Crippen LogP contribution in [0.25, 0.3) is 0 Å². The van der Waals surface area contributed by atoms with E-state index in [-0.39, 0.29) is 24.1 Å². The van der Waals surface area contributed by atoms with Gasteiger partial charge in [0.05, 0.1) is 23.7 Å². The highest BCUT2D eigenvalue weighted by molar-refractivity contribution is 7.91. The van der Waals surface area contributed by atoms with Crippen LogP contribution in [0.3, 0.4) is 0 Å². The van der Waals surface area contributed by atoms with E-state index in [0.29, 0.717) is 13.0 Å². The van der Waals surface area contributed by atoms with Crippen molar-refractivity contribution in [3.8, 4) is 0 Å². The van der Waals surface area contributed by atoms with Crippen molar-refractivity contribution in [2.75, 3.05) is 18.1 Å². The first kappa shape index (κ1) is 15.0. The Labute approximate surface area is 118 Å². The Balaban J connectivity index is 2.16. The zero-order valence-electron chi connectivity index (χ0n) is 11.6. The highest BCUT2D eigenvalue weighted by Gasteiger charge is 2.33. The number of sulfone groups is 1. The molecular weight excluding hydrogens is 282 g/mol. The summed E-state index contributed by atoms with van der Waals surface area (Å²) in [4.78, 5) is 12.7. The summed E-state index contributed by atoms with van der Waals surface area (Å²) < 4.78 is 24.8. The fraction of sp³-hybridized carbons (Fsp3) is 0.667. The van der Waals surface area contributed by atoms with Gasteiger partial charge in [-0.05, 0) is 13.3 Å². The molecule has 1 unspecified atom stereocenters. The smallest absolute Gasteiger partial charge is 0.317 e. The van der Waals surface area contributed by atoms with E-state index in [1.807, 2.05) is 13.1 Å². The van der Waals surface area contributed by atoms with Gasteiger partial charge in [0.15, 0.2) is 9.84 Å². The second-order valence-corrected chi connectivity index (χ2v) is 7.50. The molecule has 0 radical (unpaired) electrons. The molecule has 1 aliphatic heterocycles. The Kier molecular flexibility index (Phi) is 4.14. The lowest BCUT2D eigenvalue weighted by atomic mass is 10.1. The van der Waals surface area contributed by atoms with Crippen molar-refractivity contribution < 1.29 is 18.3 Å². The van der Waals surface area contributed by atoms with E-state index in [0.717, 1.165) is 11.3 Å². The molecule has 0 saturated carbocycles. The summed E-state index contributed by atoms with van der Waals surface area (Å²) in [5, 5.41) is 13.2. The number of carbonyl (C=O) groups is 1. The van der Waals surface area contributed by atoms with Gasteiger partial charge in [-0.25, -0.2) is 8.42 Å². The molecule has 2 rings (SSSR count). The van der Waals surface area contributed by atoms with Crippen molar-refractivity contribution in [2.45, 2.75) is 25.9 Å². The van der Waals surface area contributed by atoms with Crippen LogP contribution in [0.4, 0.5) is 0 Å². The SMILES string of the molecule is Cc1nn(C)cc1CN(CC(=O)O)C1CCS(=O)(=O)C1. The van der Waals surface area contributed by atoms with Crippen LogP contribution in [0, 0.1) is 6.92 Å². The normalized spacial score (nSPS) is 21.4. The number of nitrogens with zero attached hydrogens (tertiary/aromatic N) is 3. The van der Waals surface area contributed by atoms with E-state index in [1.54, 1.807) is 16.6 Å².